The van der Waals surface area contributed by atoms with Gasteiger partial charge in [-0.2, -0.15) is 5.26 Å². The highest BCUT2D eigenvalue weighted by Gasteiger charge is 2.01. The molecule has 2 aromatic rings. The van der Waals surface area contributed by atoms with Crippen molar-refractivity contribution in [1.82, 2.24) is 14.8 Å². The van der Waals surface area contributed by atoms with E-state index in [1.165, 1.54) is 17.7 Å². The lowest BCUT2D eigenvalue weighted by molar-refractivity contribution is 0.684. The van der Waals surface area contributed by atoms with Crippen molar-refractivity contribution in [3.05, 3.63) is 33.5 Å². The van der Waals surface area contributed by atoms with Crippen LogP contribution in [-0.2, 0) is 6.54 Å². The molecule has 2 rings (SSSR count). The maximum Gasteiger partial charge on any atom is 0.252 e. The molecule has 0 aliphatic carbocycles. The molecule has 4 nitrogen and oxygen atoms in total. The Morgan fingerprint density at radius 1 is 1.64 bits per heavy atom. The molecule has 2 aromatic heterocycles. The molecule has 14 heavy (non-hydrogen) atoms. The second-order valence-corrected chi connectivity index (χ2v) is 4.18. The molecule has 0 spiro atoms. The number of aromatic nitrogens is 3. The van der Waals surface area contributed by atoms with E-state index in [1.807, 2.05) is 17.5 Å². The van der Waals surface area contributed by atoms with Crippen molar-refractivity contribution in [3.63, 3.8) is 0 Å². The monoisotopic (exact) mass is 224 g/mol. The van der Waals surface area contributed by atoms with Crippen LogP contribution in [0.5, 0.6) is 0 Å². The predicted octanol–water partition coefficient (Wildman–Crippen LogP) is 1.91. The van der Waals surface area contributed by atoms with Crippen LogP contribution in [0.15, 0.2) is 17.8 Å². The van der Waals surface area contributed by atoms with Gasteiger partial charge < -0.3 is 0 Å². The second kappa shape index (κ2) is 3.78. The van der Waals surface area contributed by atoms with Gasteiger partial charge in [-0.3, -0.25) is 0 Å². The van der Waals surface area contributed by atoms with Crippen LogP contribution < -0.4 is 0 Å². The van der Waals surface area contributed by atoms with Crippen molar-refractivity contribution in [2.45, 2.75) is 6.54 Å². The van der Waals surface area contributed by atoms with Crippen LogP contribution in [0.3, 0.4) is 0 Å². The summed E-state index contributed by atoms with van der Waals surface area (Å²) in [7, 11) is 0. The zero-order valence-electron chi connectivity index (χ0n) is 7.01. The maximum atomic E-state index is 8.51. The van der Waals surface area contributed by atoms with Gasteiger partial charge in [0.2, 0.25) is 0 Å². The minimum Gasteiger partial charge on any atom is -0.247 e. The molecule has 70 valence electrons. The summed E-state index contributed by atoms with van der Waals surface area (Å²) in [4.78, 5) is 3.80. The normalized spacial score (nSPS) is 10.0. The van der Waals surface area contributed by atoms with Crippen molar-refractivity contribution >= 4 is 22.9 Å². The lowest BCUT2D eigenvalue weighted by atomic mass is 10.3. The van der Waals surface area contributed by atoms with E-state index < -0.39 is 0 Å². The molecule has 6 heteroatoms. The third-order valence-corrected chi connectivity index (χ3v) is 2.74. The van der Waals surface area contributed by atoms with Crippen molar-refractivity contribution in [1.29, 1.82) is 5.26 Å². The summed E-state index contributed by atoms with van der Waals surface area (Å²) in [5.74, 6) is 0.186. The fraction of sp³-hybridized carbons (Fsp3) is 0.125. The fourth-order valence-corrected chi connectivity index (χ4v) is 1.94. The highest BCUT2D eigenvalue weighted by atomic mass is 35.5. The molecular formula is C8H5ClN4S. The summed E-state index contributed by atoms with van der Waals surface area (Å²) in [5, 5.41) is 14.4. The fourth-order valence-electron chi connectivity index (χ4n) is 1.04. The van der Waals surface area contributed by atoms with Crippen molar-refractivity contribution < 1.29 is 0 Å². The summed E-state index contributed by atoms with van der Waals surface area (Å²) in [6.07, 6.45) is 1.53. The molecule has 0 saturated carbocycles. The zero-order valence-corrected chi connectivity index (χ0v) is 8.59. The van der Waals surface area contributed by atoms with Crippen LogP contribution in [0.4, 0.5) is 0 Å². The van der Waals surface area contributed by atoms with Gasteiger partial charge in [-0.05, 0) is 17.0 Å². The van der Waals surface area contributed by atoms with E-state index in [1.54, 1.807) is 4.68 Å². The van der Waals surface area contributed by atoms with E-state index in [9.17, 15) is 0 Å². The predicted molar refractivity (Wildman–Crippen MR) is 53.2 cm³/mol. The highest BCUT2D eigenvalue weighted by Crippen LogP contribution is 2.20. The molecule has 0 bridgehead atoms. The van der Waals surface area contributed by atoms with Crippen molar-refractivity contribution in [3.8, 4) is 6.07 Å². The average Bonchev–Trinajstić information content (AvgIpc) is 2.76. The number of hydrogen-bond acceptors (Lipinski definition) is 4. The first-order valence-electron chi connectivity index (χ1n) is 3.80. The summed E-state index contributed by atoms with van der Waals surface area (Å²) in [5.41, 5.74) is 1.06. The molecule has 0 fully saturated rings. The summed E-state index contributed by atoms with van der Waals surface area (Å²) in [6, 6.07) is 3.75. The first-order chi connectivity index (χ1) is 6.78. The summed E-state index contributed by atoms with van der Waals surface area (Å²) >= 11 is 7.26. The lowest BCUT2D eigenvalue weighted by Crippen LogP contribution is -1.98. The number of thiophene rings is 1. The Balaban J connectivity index is 2.15. The van der Waals surface area contributed by atoms with Crippen LogP contribution in [0.1, 0.15) is 11.4 Å². The smallest absolute Gasteiger partial charge is 0.247 e. The number of nitrogens with zero attached hydrogens (tertiary/aromatic N) is 4. The van der Waals surface area contributed by atoms with Crippen LogP contribution in [0.25, 0.3) is 0 Å². The number of rotatable bonds is 2. The third kappa shape index (κ3) is 1.92. The van der Waals surface area contributed by atoms with Crippen LogP contribution >= 0.6 is 22.9 Å². The maximum absolute atomic E-state index is 8.51. The third-order valence-electron chi connectivity index (χ3n) is 1.60. The Labute approximate surface area is 89.4 Å². The Morgan fingerprint density at radius 3 is 3.07 bits per heavy atom. The van der Waals surface area contributed by atoms with Crippen LogP contribution in [0, 0.1) is 11.3 Å². The quantitative estimate of drug-likeness (QED) is 0.783. The van der Waals surface area contributed by atoms with E-state index in [0.717, 1.165) is 9.90 Å². The Kier molecular flexibility index (Phi) is 2.48. The number of halogens is 1. The summed E-state index contributed by atoms with van der Waals surface area (Å²) in [6.45, 7) is 0.595. The molecule has 0 aliphatic rings. The van der Waals surface area contributed by atoms with Crippen LogP contribution in [-0.4, -0.2) is 14.8 Å². The molecule has 0 aliphatic heterocycles. The van der Waals surface area contributed by atoms with Gasteiger partial charge >= 0.3 is 0 Å². The van der Waals surface area contributed by atoms with Crippen LogP contribution in [0.2, 0.25) is 4.34 Å². The van der Waals surface area contributed by atoms with Gasteiger partial charge in [0.1, 0.15) is 12.4 Å². The zero-order chi connectivity index (χ0) is 9.97. The van der Waals surface area contributed by atoms with Gasteiger partial charge in [-0.25, -0.2) is 9.67 Å². The van der Waals surface area contributed by atoms with Gasteiger partial charge in [-0.15, -0.1) is 16.4 Å². The van der Waals surface area contributed by atoms with Gasteiger partial charge in [0.15, 0.2) is 0 Å². The Morgan fingerprint density at radius 2 is 2.50 bits per heavy atom. The molecule has 0 N–H and O–H groups in total. The summed E-state index contributed by atoms with van der Waals surface area (Å²) < 4.78 is 2.36. The van der Waals surface area contributed by atoms with E-state index in [4.69, 9.17) is 16.9 Å². The molecule has 0 radical (unpaired) electrons. The molecule has 0 saturated heterocycles. The van der Waals surface area contributed by atoms with Crippen molar-refractivity contribution in [2.75, 3.05) is 0 Å². The number of nitriles is 1. The molecule has 2 heterocycles. The van der Waals surface area contributed by atoms with Gasteiger partial charge in [-0.1, -0.05) is 11.6 Å². The SMILES string of the molecule is N#Cc1ncn(Cc2csc(Cl)c2)n1. The standard InChI is InChI=1S/C8H5ClN4S/c9-7-1-6(4-14-7)3-13-5-11-8(2-10)12-13/h1,4-5H,3H2. The van der Waals surface area contributed by atoms with E-state index in [-0.39, 0.29) is 5.82 Å². The van der Waals surface area contributed by atoms with Crippen molar-refractivity contribution in [2.24, 2.45) is 0 Å². The van der Waals surface area contributed by atoms with E-state index in [0.29, 0.717) is 6.54 Å². The van der Waals surface area contributed by atoms with E-state index in [2.05, 4.69) is 10.1 Å². The molecule has 0 aromatic carbocycles. The van der Waals surface area contributed by atoms with Gasteiger partial charge in [0, 0.05) is 0 Å². The molecule has 0 amide bonds. The molecule has 0 unspecified atom stereocenters. The minimum atomic E-state index is 0.186. The topological polar surface area (TPSA) is 54.5 Å². The average molecular weight is 225 g/mol. The minimum absolute atomic E-state index is 0.186. The number of hydrogen-bond donors (Lipinski definition) is 0. The highest BCUT2D eigenvalue weighted by molar-refractivity contribution is 7.14. The van der Waals surface area contributed by atoms with Gasteiger partial charge in [0.05, 0.1) is 10.9 Å². The first kappa shape index (κ1) is 9.19. The molecule has 0 atom stereocenters. The molecular weight excluding hydrogens is 220 g/mol. The Bertz CT molecular complexity index is 481. The van der Waals surface area contributed by atoms with Gasteiger partial charge in [0.25, 0.3) is 5.82 Å². The first-order valence-corrected chi connectivity index (χ1v) is 5.06. The largest absolute Gasteiger partial charge is 0.252 e. The van der Waals surface area contributed by atoms with E-state index >= 15 is 0 Å². The second-order valence-electron chi connectivity index (χ2n) is 2.64. The Hall–Kier alpha value is -1.38. The lowest BCUT2D eigenvalue weighted by Gasteiger charge is -1.94.